The lowest BCUT2D eigenvalue weighted by Gasteiger charge is -2.18. The average molecular weight is 333 g/mol. The minimum Gasteiger partial charge on any atom is -0.284 e. The third kappa shape index (κ3) is 3.85. The van der Waals surface area contributed by atoms with Gasteiger partial charge in [0, 0.05) is 23.9 Å². The molecule has 2 aromatic carbocycles. The molecule has 122 valence electrons. The van der Waals surface area contributed by atoms with E-state index in [0.29, 0.717) is 17.9 Å². The van der Waals surface area contributed by atoms with Crippen LogP contribution in [-0.4, -0.2) is 26.9 Å². The van der Waals surface area contributed by atoms with Crippen molar-refractivity contribution >= 4 is 15.5 Å². The fraction of sp³-hybridized carbons (Fsp3) is 0.278. The van der Waals surface area contributed by atoms with Gasteiger partial charge in [0.2, 0.25) is 0 Å². The molecular weight excluding hydrogens is 313 g/mol. The Morgan fingerprint density at radius 3 is 2.30 bits per heavy atom. The second-order valence-electron chi connectivity index (χ2n) is 5.08. The van der Waals surface area contributed by atoms with Crippen LogP contribution in [0.1, 0.15) is 30.5 Å². The van der Waals surface area contributed by atoms with Gasteiger partial charge in [-0.25, -0.2) is 12.8 Å². The van der Waals surface area contributed by atoms with Crippen molar-refractivity contribution in [3.05, 3.63) is 65.0 Å². The Hall–Kier alpha value is -2.01. The number of nitrogens with zero attached hydrogens (tertiary/aromatic N) is 1. The van der Waals surface area contributed by atoms with Gasteiger partial charge in [0.25, 0.3) is 0 Å². The van der Waals surface area contributed by atoms with E-state index in [4.69, 9.17) is 0 Å². The maximum absolute atomic E-state index is 13.0. The SMILES string of the molecule is CC.CS(=O)(=O)c1ccc2c(c1)CCN=C2c1ccc(F)cc1. The highest BCUT2D eigenvalue weighted by Crippen LogP contribution is 2.23. The van der Waals surface area contributed by atoms with Gasteiger partial charge in [-0.05, 0) is 48.4 Å². The maximum atomic E-state index is 13.0. The molecule has 0 saturated heterocycles. The van der Waals surface area contributed by atoms with Gasteiger partial charge in [0.1, 0.15) is 5.82 Å². The lowest BCUT2D eigenvalue weighted by molar-refractivity contribution is 0.601. The molecule has 1 aliphatic rings. The zero-order chi connectivity index (χ0) is 17.0. The molecule has 0 spiro atoms. The van der Waals surface area contributed by atoms with Crippen molar-refractivity contribution in [1.82, 2.24) is 0 Å². The molecule has 0 N–H and O–H groups in total. The van der Waals surface area contributed by atoms with Crippen molar-refractivity contribution < 1.29 is 12.8 Å². The molecule has 0 amide bonds. The quantitative estimate of drug-likeness (QED) is 0.842. The van der Waals surface area contributed by atoms with Crippen molar-refractivity contribution in [2.45, 2.75) is 25.2 Å². The summed E-state index contributed by atoms with van der Waals surface area (Å²) >= 11 is 0. The zero-order valence-corrected chi connectivity index (χ0v) is 14.3. The Balaban J connectivity index is 0.000000924. The number of fused-ring (bicyclic) bond motifs is 1. The third-order valence-corrected chi connectivity index (χ3v) is 4.64. The van der Waals surface area contributed by atoms with Crippen LogP contribution in [0, 0.1) is 5.82 Å². The summed E-state index contributed by atoms with van der Waals surface area (Å²) in [5.74, 6) is -0.289. The van der Waals surface area contributed by atoms with Gasteiger partial charge >= 0.3 is 0 Å². The predicted molar refractivity (Wildman–Crippen MR) is 91.5 cm³/mol. The third-order valence-electron chi connectivity index (χ3n) is 3.53. The first-order valence-electron chi connectivity index (χ1n) is 7.59. The summed E-state index contributed by atoms with van der Waals surface area (Å²) in [6, 6.07) is 11.3. The number of sulfone groups is 1. The van der Waals surface area contributed by atoms with Crippen LogP contribution >= 0.6 is 0 Å². The Morgan fingerprint density at radius 2 is 1.70 bits per heavy atom. The van der Waals surface area contributed by atoms with Crippen molar-refractivity contribution in [1.29, 1.82) is 0 Å². The molecule has 0 saturated carbocycles. The van der Waals surface area contributed by atoms with Crippen LogP contribution in [0.2, 0.25) is 0 Å². The first kappa shape index (κ1) is 17.3. The molecule has 0 unspecified atom stereocenters. The molecule has 0 aromatic heterocycles. The van der Waals surface area contributed by atoms with Crippen LogP contribution in [-0.2, 0) is 16.3 Å². The lowest BCUT2D eigenvalue weighted by Crippen LogP contribution is -2.15. The van der Waals surface area contributed by atoms with Gasteiger partial charge in [0.15, 0.2) is 9.84 Å². The summed E-state index contributed by atoms with van der Waals surface area (Å²) in [7, 11) is -3.21. The number of rotatable bonds is 2. The molecule has 2 aromatic rings. The second-order valence-corrected chi connectivity index (χ2v) is 7.09. The largest absolute Gasteiger partial charge is 0.284 e. The molecule has 0 aliphatic carbocycles. The summed E-state index contributed by atoms with van der Waals surface area (Å²) in [5, 5.41) is 0. The molecule has 3 rings (SSSR count). The number of hydrogen-bond donors (Lipinski definition) is 0. The Kier molecular flexibility index (Phi) is 5.31. The van der Waals surface area contributed by atoms with E-state index >= 15 is 0 Å². The molecule has 1 aliphatic heterocycles. The van der Waals surface area contributed by atoms with Gasteiger partial charge in [-0.2, -0.15) is 0 Å². The molecule has 23 heavy (non-hydrogen) atoms. The molecule has 1 heterocycles. The fourth-order valence-corrected chi connectivity index (χ4v) is 3.14. The minimum absolute atomic E-state index is 0.289. The monoisotopic (exact) mass is 333 g/mol. The fourth-order valence-electron chi connectivity index (χ4n) is 2.47. The van der Waals surface area contributed by atoms with Gasteiger partial charge in [-0.15, -0.1) is 0 Å². The second kappa shape index (κ2) is 7.04. The molecule has 0 radical (unpaired) electrons. The van der Waals surface area contributed by atoms with Gasteiger partial charge in [-0.1, -0.05) is 19.9 Å². The predicted octanol–water partition coefficient (Wildman–Crippen LogP) is 3.65. The highest BCUT2D eigenvalue weighted by atomic mass is 32.2. The van der Waals surface area contributed by atoms with Crippen molar-refractivity contribution in [3.63, 3.8) is 0 Å². The van der Waals surface area contributed by atoms with Crippen LogP contribution in [0.4, 0.5) is 4.39 Å². The Bertz CT molecular complexity index is 825. The topological polar surface area (TPSA) is 46.5 Å². The summed E-state index contributed by atoms with van der Waals surface area (Å²) in [6.07, 6.45) is 1.91. The Labute approximate surface area is 136 Å². The molecule has 0 atom stereocenters. The molecule has 0 fully saturated rings. The smallest absolute Gasteiger partial charge is 0.175 e. The van der Waals surface area contributed by atoms with Crippen LogP contribution < -0.4 is 0 Å². The van der Waals surface area contributed by atoms with E-state index in [9.17, 15) is 12.8 Å². The number of benzene rings is 2. The van der Waals surface area contributed by atoms with E-state index in [1.54, 1.807) is 30.3 Å². The zero-order valence-electron chi connectivity index (χ0n) is 13.5. The van der Waals surface area contributed by atoms with E-state index < -0.39 is 9.84 Å². The Morgan fingerprint density at radius 1 is 1.04 bits per heavy atom. The number of hydrogen-bond acceptors (Lipinski definition) is 3. The van der Waals surface area contributed by atoms with Crippen LogP contribution in [0.25, 0.3) is 0 Å². The van der Waals surface area contributed by atoms with Crippen molar-refractivity contribution in [2.75, 3.05) is 12.8 Å². The first-order chi connectivity index (χ1) is 10.9. The van der Waals surface area contributed by atoms with E-state index in [2.05, 4.69) is 4.99 Å². The van der Waals surface area contributed by atoms with E-state index in [1.807, 2.05) is 13.8 Å². The van der Waals surface area contributed by atoms with E-state index in [-0.39, 0.29) is 5.82 Å². The number of halogens is 1. The average Bonchev–Trinajstić information content (AvgIpc) is 2.55. The molecule has 5 heteroatoms. The highest BCUT2D eigenvalue weighted by Gasteiger charge is 2.18. The van der Waals surface area contributed by atoms with Crippen molar-refractivity contribution in [3.8, 4) is 0 Å². The van der Waals surface area contributed by atoms with Gasteiger partial charge in [0.05, 0.1) is 10.6 Å². The van der Waals surface area contributed by atoms with Crippen LogP contribution in [0.3, 0.4) is 0 Å². The summed E-state index contributed by atoms with van der Waals surface area (Å²) in [6.45, 7) is 4.60. The van der Waals surface area contributed by atoms with Gasteiger partial charge in [-0.3, -0.25) is 4.99 Å². The highest BCUT2D eigenvalue weighted by molar-refractivity contribution is 7.90. The van der Waals surface area contributed by atoms with Crippen LogP contribution in [0.5, 0.6) is 0 Å². The standard InChI is InChI=1S/C16H14FNO2S.C2H6/c1-21(19,20)14-6-7-15-12(10-14)8-9-18-16(15)11-2-4-13(17)5-3-11;1-2/h2-7,10H,8-9H2,1H3;1-2H3. The summed E-state index contributed by atoms with van der Waals surface area (Å²) in [5.41, 5.74) is 3.51. The summed E-state index contributed by atoms with van der Waals surface area (Å²) in [4.78, 5) is 4.83. The first-order valence-corrected chi connectivity index (χ1v) is 9.48. The van der Waals surface area contributed by atoms with Crippen LogP contribution in [0.15, 0.2) is 52.4 Å². The number of aliphatic imine (C=N–C) groups is 1. The van der Waals surface area contributed by atoms with Crippen molar-refractivity contribution in [2.24, 2.45) is 4.99 Å². The maximum Gasteiger partial charge on any atom is 0.175 e. The normalized spacial score (nSPS) is 13.5. The molecular formula is C18H20FNO2S. The molecule has 3 nitrogen and oxygen atoms in total. The lowest BCUT2D eigenvalue weighted by atomic mass is 9.93. The minimum atomic E-state index is -3.21. The molecule has 0 bridgehead atoms. The van der Waals surface area contributed by atoms with Gasteiger partial charge < -0.3 is 0 Å². The van der Waals surface area contributed by atoms with E-state index in [0.717, 1.165) is 22.4 Å². The summed E-state index contributed by atoms with van der Waals surface area (Å²) < 4.78 is 36.3. The van der Waals surface area contributed by atoms with E-state index in [1.165, 1.54) is 18.4 Å².